The van der Waals surface area contributed by atoms with Crippen molar-refractivity contribution in [3.05, 3.63) is 27.8 Å². The molecule has 0 aliphatic heterocycles. The predicted octanol–water partition coefficient (Wildman–Crippen LogP) is 0.810. The first kappa shape index (κ1) is 27.6. The molecule has 0 radical (unpaired) electrons. The molecule has 0 fully saturated rings. The largest absolute Gasteiger partial charge is 0.481 e. The van der Waals surface area contributed by atoms with Gasteiger partial charge in [-0.1, -0.05) is 0 Å². The van der Waals surface area contributed by atoms with Crippen molar-refractivity contribution < 1.29 is 42.9 Å². The molecule has 2 unspecified atom stereocenters. The summed E-state index contributed by atoms with van der Waals surface area (Å²) in [6, 6.07) is 2.37. The van der Waals surface area contributed by atoms with Crippen LogP contribution in [0.15, 0.2) is 29.2 Å². The lowest BCUT2D eigenvalue weighted by atomic mass is 10.1. The summed E-state index contributed by atoms with van der Waals surface area (Å²) in [5.74, 6) is -3.90. The Morgan fingerprint density at radius 2 is 1.50 bits per heavy atom. The van der Waals surface area contributed by atoms with E-state index >= 15 is 0 Å². The first-order valence-corrected chi connectivity index (χ1v) is 12.0. The fraction of sp³-hybridized carbons (Fsp3) is 0.444. The van der Waals surface area contributed by atoms with E-state index in [1.165, 1.54) is 12.1 Å². The van der Waals surface area contributed by atoms with Crippen LogP contribution >= 0.6 is 22.6 Å². The van der Waals surface area contributed by atoms with Gasteiger partial charge in [-0.2, -0.15) is 4.72 Å². The van der Waals surface area contributed by atoms with Gasteiger partial charge in [0.2, 0.25) is 10.0 Å². The maximum atomic E-state index is 12.4. The van der Waals surface area contributed by atoms with Crippen molar-refractivity contribution in [1.82, 2.24) is 15.4 Å². The molecule has 0 aliphatic carbocycles. The second-order valence-corrected chi connectivity index (χ2v) is 9.64. The number of unbranched alkanes of at least 4 members (excludes halogenated alkanes) is 1. The third-order valence-electron chi connectivity index (χ3n) is 4.17. The Hall–Kier alpha value is -2.46. The zero-order valence-corrected chi connectivity index (χ0v) is 19.8. The van der Waals surface area contributed by atoms with Crippen LogP contribution in [0.3, 0.4) is 0 Å². The van der Waals surface area contributed by atoms with E-state index in [2.05, 4.69) is 15.4 Å². The highest BCUT2D eigenvalue weighted by Crippen LogP contribution is 2.13. The standard InChI is InChI=1S/C18H24IN3O9S/c19-11-4-6-12(7-5-11)32(30,31)22-14(17(27)28)3-1-2-10-20-18(29)21-13(16(25)26)8-9-15(23)24/h4-7,13-14,22H,1-3,8-10H2,(H,23,24)(H,25,26)(H,27,28)(H2,20,21,29). The molecule has 178 valence electrons. The van der Waals surface area contributed by atoms with Gasteiger partial charge in [-0.15, -0.1) is 0 Å². The van der Waals surface area contributed by atoms with E-state index in [0.29, 0.717) is 6.42 Å². The lowest BCUT2D eigenvalue weighted by molar-refractivity contribution is -0.141. The number of amides is 2. The molecule has 2 atom stereocenters. The van der Waals surface area contributed by atoms with Gasteiger partial charge in [0, 0.05) is 16.5 Å². The molecule has 0 saturated heterocycles. The molecule has 0 aliphatic rings. The molecule has 2 amide bonds. The lowest BCUT2D eigenvalue weighted by Crippen LogP contribution is -2.46. The normalized spacial score (nSPS) is 13.0. The SMILES string of the molecule is O=C(O)CCC(NC(=O)NCCCCC(NS(=O)(=O)c1ccc(I)cc1)C(=O)O)C(=O)O. The van der Waals surface area contributed by atoms with Crippen LogP contribution in [0.5, 0.6) is 0 Å². The van der Waals surface area contributed by atoms with Crippen LogP contribution in [-0.4, -0.2) is 66.3 Å². The van der Waals surface area contributed by atoms with E-state index < -0.39 is 52.5 Å². The van der Waals surface area contributed by atoms with E-state index in [0.717, 1.165) is 3.57 Å². The Morgan fingerprint density at radius 3 is 2.03 bits per heavy atom. The van der Waals surface area contributed by atoms with Gasteiger partial charge in [0.05, 0.1) is 4.90 Å². The third-order valence-corrected chi connectivity index (χ3v) is 6.38. The number of carboxylic acid groups (broad SMARTS) is 3. The second-order valence-electron chi connectivity index (χ2n) is 6.69. The molecular formula is C18H24IN3O9S. The topological polar surface area (TPSA) is 199 Å². The first-order valence-electron chi connectivity index (χ1n) is 9.42. The summed E-state index contributed by atoms with van der Waals surface area (Å²) < 4.78 is 27.7. The quantitative estimate of drug-likeness (QED) is 0.135. The number of halogens is 1. The molecule has 0 spiro atoms. The molecular weight excluding hydrogens is 561 g/mol. The number of carbonyl (C=O) groups is 4. The summed E-state index contributed by atoms with van der Waals surface area (Å²) in [5, 5.41) is 31.4. The predicted molar refractivity (Wildman–Crippen MR) is 120 cm³/mol. The summed E-state index contributed by atoms with van der Waals surface area (Å²) in [6.07, 6.45) is -0.174. The van der Waals surface area contributed by atoms with Crippen molar-refractivity contribution in [2.24, 2.45) is 0 Å². The summed E-state index contributed by atoms with van der Waals surface area (Å²) in [7, 11) is -4.02. The number of carbonyl (C=O) groups excluding carboxylic acids is 1. The highest BCUT2D eigenvalue weighted by molar-refractivity contribution is 14.1. The second kappa shape index (κ2) is 13.2. The van der Waals surface area contributed by atoms with Crippen molar-refractivity contribution in [2.75, 3.05) is 6.54 Å². The molecule has 12 nitrogen and oxygen atoms in total. The fourth-order valence-corrected chi connectivity index (χ4v) is 4.10. The van der Waals surface area contributed by atoms with Crippen LogP contribution in [-0.2, 0) is 24.4 Å². The minimum Gasteiger partial charge on any atom is -0.481 e. The smallest absolute Gasteiger partial charge is 0.326 e. The molecule has 14 heteroatoms. The van der Waals surface area contributed by atoms with Gasteiger partial charge in [-0.25, -0.2) is 18.0 Å². The average Bonchev–Trinajstić information content (AvgIpc) is 2.69. The molecule has 0 aromatic heterocycles. The molecule has 0 heterocycles. The summed E-state index contributed by atoms with van der Waals surface area (Å²) in [6.45, 7) is 0.0767. The Balaban J connectivity index is 2.46. The van der Waals surface area contributed by atoms with Gasteiger partial charge in [-0.3, -0.25) is 9.59 Å². The molecule has 0 saturated carbocycles. The maximum Gasteiger partial charge on any atom is 0.326 e. The highest BCUT2D eigenvalue weighted by Gasteiger charge is 2.25. The zero-order valence-electron chi connectivity index (χ0n) is 16.8. The van der Waals surface area contributed by atoms with Crippen LogP contribution in [0, 0.1) is 3.57 Å². The molecule has 32 heavy (non-hydrogen) atoms. The molecule has 1 rings (SSSR count). The summed E-state index contributed by atoms with van der Waals surface area (Å²) in [4.78, 5) is 44.7. The van der Waals surface area contributed by atoms with Gasteiger partial charge >= 0.3 is 23.9 Å². The molecule has 1 aromatic rings. The van der Waals surface area contributed by atoms with Gasteiger partial charge < -0.3 is 26.0 Å². The Bertz CT molecular complexity index is 922. The zero-order chi connectivity index (χ0) is 24.3. The van der Waals surface area contributed by atoms with Crippen LogP contribution in [0.1, 0.15) is 32.1 Å². The number of carboxylic acids is 3. The Morgan fingerprint density at radius 1 is 0.906 bits per heavy atom. The van der Waals surface area contributed by atoms with Crippen LogP contribution in [0.2, 0.25) is 0 Å². The van der Waals surface area contributed by atoms with Gasteiger partial charge in [0.15, 0.2) is 0 Å². The number of sulfonamides is 1. The minimum atomic E-state index is -4.02. The van der Waals surface area contributed by atoms with Gasteiger partial charge in [-0.05, 0) is 72.5 Å². The molecule has 6 N–H and O–H groups in total. The minimum absolute atomic E-state index is 0.0292. The van der Waals surface area contributed by atoms with Crippen molar-refractivity contribution in [2.45, 2.75) is 49.1 Å². The van der Waals surface area contributed by atoms with Gasteiger partial charge in [0.25, 0.3) is 0 Å². The number of rotatable bonds is 14. The number of hydrogen-bond donors (Lipinski definition) is 6. The van der Waals surface area contributed by atoms with Crippen molar-refractivity contribution >= 4 is 56.6 Å². The van der Waals surface area contributed by atoms with E-state index in [-0.39, 0.29) is 30.7 Å². The number of aliphatic carboxylic acids is 3. The number of nitrogens with one attached hydrogen (secondary N) is 3. The summed E-state index contributed by atoms with van der Waals surface area (Å²) in [5.41, 5.74) is 0. The summed E-state index contributed by atoms with van der Waals surface area (Å²) >= 11 is 2.01. The van der Waals surface area contributed by atoms with Crippen LogP contribution in [0.25, 0.3) is 0 Å². The highest BCUT2D eigenvalue weighted by atomic mass is 127. The number of urea groups is 1. The monoisotopic (exact) mass is 585 g/mol. The van der Waals surface area contributed by atoms with E-state index in [1.54, 1.807) is 12.1 Å². The third kappa shape index (κ3) is 10.2. The van der Waals surface area contributed by atoms with Crippen molar-refractivity contribution in [3.8, 4) is 0 Å². The Kier molecular flexibility index (Phi) is 11.3. The lowest BCUT2D eigenvalue weighted by Gasteiger charge is -2.16. The Labute approximate surface area is 198 Å². The fourth-order valence-electron chi connectivity index (χ4n) is 2.51. The van der Waals surface area contributed by atoms with Gasteiger partial charge in [0.1, 0.15) is 12.1 Å². The van der Waals surface area contributed by atoms with Crippen LogP contribution in [0.4, 0.5) is 4.79 Å². The number of hydrogen-bond acceptors (Lipinski definition) is 6. The van der Waals surface area contributed by atoms with Crippen molar-refractivity contribution in [3.63, 3.8) is 0 Å². The van der Waals surface area contributed by atoms with Crippen LogP contribution < -0.4 is 15.4 Å². The van der Waals surface area contributed by atoms with E-state index in [9.17, 15) is 32.7 Å². The maximum absolute atomic E-state index is 12.4. The van der Waals surface area contributed by atoms with E-state index in [1.807, 2.05) is 22.6 Å². The number of benzene rings is 1. The molecule has 0 bridgehead atoms. The average molecular weight is 585 g/mol. The molecule has 1 aromatic carbocycles. The first-order chi connectivity index (χ1) is 14.9. The van der Waals surface area contributed by atoms with E-state index in [4.69, 9.17) is 10.2 Å². The van der Waals surface area contributed by atoms with Crippen molar-refractivity contribution in [1.29, 1.82) is 0 Å².